The van der Waals surface area contributed by atoms with Crippen LogP contribution in [0.2, 0.25) is 0 Å². The van der Waals surface area contributed by atoms with E-state index in [1.807, 2.05) is 31.2 Å². The van der Waals surface area contributed by atoms with Crippen LogP contribution in [0.5, 0.6) is 5.75 Å². The van der Waals surface area contributed by atoms with Crippen molar-refractivity contribution in [1.29, 1.82) is 0 Å². The fraction of sp³-hybridized carbons (Fsp3) is 0.143. The Labute approximate surface area is 190 Å². The Bertz CT molecular complexity index is 1140. The summed E-state index contributed by atoms with van der Waals surface area (Å²) in [6.45, 7) is 1.38. The maximum absolute atomic E-state index is 12.5. The van der Waals surface area contributed by atoms with Gasteiger partial charge < -0.3 is 14.8 Å². The summed E-state index contributed by atoms with van der Waals surface area (Å²) in [6.07, 6.45) is 0. The van der Waals surface area contributed by atoms with E-state index >= 15 is 0 Å². The number of hydrogen-bond acceptors (Lipinski definition) is 7. The number of hydrogen-bond donors (Lipinski definition) is 1. The molecule has 3 aromatic rings. The van der Waals surface area contributed by atoms with Crippen LogP contribution in [-0.4, -0.2) is 30.5 Å². The minimum Gasteiger partial charge on any atom is -0.477 e. The molecule has 0 saturated heterocycles. The number of carbonyl (C=O) groups excluding carboxylic acids is 2. The summed E-state index contributed by atoms with van der Waals surface area (Å²) in [7, 11) is 1.27. The van der Waals surface area contributed by atoms with Gasteiger partial charge in [-0.1, -0.05) is 40.2 Å². The number of ether oxygens (including phenoxy) is 2. The Morgan fingerprint density at radius 1 is 1.16 bits per heavy atom. The molecule has 160 valence electrons. The Morgan fingerprint density at radius 2 is 1.84 bits per heavy atom. The fourth-order valence-electron chi connectivity index (χ4n) is 2.93. The summed E-state index contributed by atoms with van der Waals surface area (Å²) in [5.74, 6) is -1.17. The number of benzene rings is 2. The van der Waals surface area contributed by atoms with Crippen molar-refractivity contribution in [1.82, 2.24) is 0 Å². The molecule has 0 spiro atoms. The van der Waals surface area contributed by atoms with E-state index in [1.165, 1.54) is 36.6 Å². The summed E-state index contributed by atoms with van der Waals surface area (Å²) in [4.78, 5) is 36.3. The number of esters is 1. The summed E-state index contributed by atoms with van der Waals surface area (Å²) >= 11 is 4.62. The molecule has 1 heterocycles. The number of nitrogens with one attached hydrogen (secondary N) is 1. The van der Waals surface area contributed by atoms with E-state index in [0.29, 0.717) is 10.6 Å². The van der Waals surface area contributed by atoms with Gasteiger partial charge in [-0.15, -0.1) is 11.3 Å². The van der Waals surface area contributed by atoms with E-state index < -0.39 is 23.4 Å². The molecule has 0 aliphatic rings. The lowest BCUT2D eigenvalue weighted by Gasteiger charge is -2.09. The number of methoxy groups -OCH3 is 1. The molecule has 1 N–H and O–H groups in total. The zero-order valence-electron chi connectivity index (χ0n) is 16.5. The van der Waals surface area contributed by atoms with Crippen molar-refractivity contribution in [2.75, 3.05) is 19.0 Å². The van der Waals surface area contributed by atoms with E-state index in [2.05, 4.69) is 21.2 Å². The molecule has 0 unspecified atom stereocenters. The Hall–Kier alpha value is -3.24. The SMILES string of the molecule is COC(=O)c1c(NC(=O)COc2ccccc2[N+](=O)[O-])sc(C)c1-c1ccc(Br)cc1. The fourth-order valence-corrected chi connectivity index (χ4v) is 4.27. The van der Waals surface area contributed by atoms with Gasteiger partial charge in [-0.05, 0) is 30.7 Å². The topological polar surface area (TPSA) is 108 Å². The first-order valence-electron chi connectivity index (χ1n) is 8.95. The quantitative estimate of drug-likeness (QED) is 0.269. The molecule has 2 aromatic carbocycles. The molecule has 3 rings (SSSR count). The summed E-state index contributed by atoms with van der Waals surface area (Å²) in [5.41, 5.74) is 1.47. The molecule has 1 amide bonds. The summed E-state index contributed by atoms with van der Waals surface area (Å²) in [5, 5.41) is 14.1. The highest BCUT2D eigenvalue weighted by atomic mass is 79.9. The van der Waals surface area contributed by atoms with Crippen LogP contribution in [-0.2, 0) is 9.53 Å². The second-order valence-electron chi connectivity index (χ2n) is 6.30. The van der Waals surface area contributed by atoms with E-state index in [-0.39, 0.29) is 17.0 Å². The Morgan fingerprint density at radius 3 is 2.48 bits per heavy atom. The van der Waals surface area contributed by atoms with Crippen LogP contribution < -0.4 is 10.1 Å². The number of nitro benzene ring substituents is 1. The van der Waals surface area contributed by atoms with E-state index in [4.69, 9.17) is 9.47 Å². The first-order valence-corrected chi connectivity index (χ1v) is 10.6. The standard InChI is InChI=1S/C21H17BrN2O6S/c1-12-18(13-7-9-14(22)10-8-13)19(21(26)29-2)20(31-12)23-17(25)11-30-16-6-4-3-5-15(16)24(27)28/h3-10H,11H2,1-2H3,(H,23,25). The van der Waals surface area contributed by atoms with Crippen LogP contribution in [0.1, 0.15) is 15.2 Å². The second-order valence-corrected chi connectivity index (χ2v) is 8.44. The molecule has 0 radical (unpaired) electrons. The lowest BCUT2D eigenvalue weighted by atomic mass is 10.0. The number of nitrogens with zero attached hydrogens (tertiary/aromatic N) is 1. The maximum atomic E-state index is 12.5. The van der Waals surface area contributed by atoms with Crippen LogP contribution in [0, 0.1) is 17.0 Å². The van der Waals surface area contributed by atoms with Gasteiger partial charge in [0.1, 0.15) is 10.6 Å². The number of para-hydroxylation sites is 2. The average Bonchev–Trinajstić information content (AvgIpc) is 3.07. The van der Waals surface area contributed by atoms with Crippen molar-refractivity contribution >= 4 is 49.8 Å². The van der Waals surface area contributed by atoms with Gasteiger partial charge in [0, 0.05) is 21.0 Å². The molecule has 0 fully saturated rings. The number of rotatable bonds is 7. The third-order valence-corrected chi connectivity index (χ3v) is 5.83. The first kappa shape index (κ1) is 22.4. The van der Waals surface area contributed by atoms with E-state index in [1.54, 1.807) is 6.07 Å². The summed E-state index contributed by atoms with van der Waals surface area (Å²) < 4.78 is 11.1. The zero-order chi connectivity index (χ0) is 22.5. The molecule has 1 aromatic heterocycles. The van der Waals surface area contributed by atoms with Gasteiger partial charge in [-0.3, -0.25) is 14.9 Å². The van der Waals surface area contributed by atoms with Gasteiger partial charge in [0.25, 0.3) is 5.91 Å². The third-order valence-electron chi connectivity index (χ3n) is 4.28. The van der Waals surface area contributed by atoms with Crippen molar-refractivity contribution in [3.63, 3.8) is 0 Å². The molecular weight excluding hydrogens is 488 g/mol. The molecule has 31 heavy (non-hydrogen) atoms. The predicted octanol–water partition coefficient (Wildman–Crippen LogP) is 5.20. The number of anilines is 1. The van der Waals surface area contributed by atoms with Crippen LogP contribution in [0.4, 0.5) is 10.7 Å². The number of carbonyl (C=O) groups is 2. The number of amides is 1. The predicted molar refractivity (Wildman–Crippen MR) is 121 cm³/mol. The molecule has 0 aliphatic carbocycles. The molecule has 10 heteroatoms. The minimum absolute atomic E-state index is 0.0197. The van der Waals surface area contributed by atoms with Gasteiger partial charge in [0.15, 0.2) is 12.4 Å². The van der Waals surface area contributed by atoms with Gasteiger partial charge in [0.2, 0.25) is 0 Å². The largest absolute Gasteiger partial charge is 0.477 e. The van der Waals surface area contributed by atoms with Crippen molar-refractivity contribution in [2.45, 2.75) is 6.92 Å². The number of thiophene rings is 1. The van der Waals surface area contributed by atoms with Crippen molar-refractivity contribution < 1.29 is 24.0 Å². The second kappa shape index (κ2) is 9.71. The van der Waals surface area contributed by atoms with Gasteiger partial charge in [-0.25, -0.2) is 4.79 Å². The van der Waals surface area contributed by atoms with Crippen molar-refractivity contribution in [2.24, 2.45) is 0 Å². The Kier molecular flexibility index (Phi) is 7.03. The molecule has 0 aliphatic heterocycles. The van der Waals surface area contributed by atoms with Gasteiger partial charge in [-0.2, -0.15) is 0 Å². The third kappa shape index (κ3) is 5.09. The highest BCUT2D eigenvalue weighted by molar-refractivity contribution is 9.10. The van der Waals surface area contributed by atoms with E-state index in [9.17, 15) is 19.7 Å². The van der Waals surface area contributed by atoms with Gasteiger partial charge >= 0.3 is 11.7 Å². The summed E-state index contributed by atoms with van der Waals surface area (Å²) in [6, 6.07) is 13.2. The molecule has 0 bridgehead atoms. The lowest BCUT2D eigenvalue weighted by molar-refractivity contribution is -0.385. The van der Waals surface area contributed by atoms with Crippen LogP contribution >= 0.6 is 27.3 Å². The Balaban J connectivity index is 1.85. The minimum atomic E-state index is -0.588. The molecular formula is C21H17BrN2O6S. The van der Waals surface area contributed by atoms with Crippen molar-refractivity contribution in [3.05, 3.63) is 73.6 Å². The lowest BCUT2D eigenvalue weighted by Crippen LogP contribution is -2.21. The highest BCUT2D eigenvalue weighted by Gasteiger charge is 2.25. The average molecular weight is 505 g/mol. The van der Waals surface area contributed by atoms with Crippen molar-refractivity contribution in [3.8, 4) is 16.9 Å². The van der Waals surface area contributed by atoms with E-state index in [0.717, 1.165) is 14.9 Å². The first-order chi connectivity index (χ1) is 14.8. The highest BCUT2D eigenvalue weighted by Crippen LogP contribution is 2.40. The molecule has 0 saturated carbocycles. The zero-order valence-corrected chi connectivity index (χ0v) is 18.9. The normalized spacial score (nSPS) is 10.4. The van der Waals surface area contributed by atoms with Gasteiger partial charge in [0.05, 0.1) is 12.0 Å². The maximum Gasteiger partial charge on any atom is 0.341 e. The smallest absolute Gasteiger partial charge is 0.341 e. The number of nitro groups is 1. The molecule has 0 atom stereocenters. The van der Waals surface area contributed by atoms with Crippen LogP contribution in [0.25, 0.3) is 11.1 Å². The van der Waals surface area contributed by atoms with Crippen LogP contribution in [0.15, 0.2) is 53.0 Å². The monoisotopic (exact) mass is 504 g/mol. The molecule has 8 nitrogen and oxygen atoms in total. The number of halogens is 1. The number of aryl methyl sites for hydroxylation is 1. The van der Waals surface area contributed by atoms with Crippen LogP contribution in [0.3, 0.4) is 0 Å².